The fourth-order valence-electron chi connectivity index (χ4n) is 2.65. The van der Waals surface area contributed by atoms with Gasteiger partial charge in [-0.25, -0.2) is 4.79 Å². The summed E-state index contributed by atoms with van der Waals surface area (Å²) in [5.41, 5.74) is 0.0766. The van der Waals surface area contributed by atoms with Gasteiger partial charge in [-0.1, -0.05) is 6.07 Å². The molecule has 9 nitrogen and oxygen atoms in total. The molecule has 0 atom stereocenters. The van der Waals surface area contributed by atoms with E-state index >= 15 is 0 Å². The standard InChI is InChI=1S/C17H13NO8/c19-17(24-8-10-1-2-13-14(5-10)26-9-25-13)11-6-15-16(23-4-3-22-15)7-12(11)18(20)21/h1-2,5-7H,3-4,8-9H2. The van der Waals surface area contributed by atoms with Crippen LogP contribution in [0.4, 0.5) is 5.69 Å². The lowest BCUT2D eigenvalue weighted by molar-refractivity contribution is -0.385. The molecule has 9 heteroatoms. The van der Waals surface area contributed by atoms with E-state index in [0.29, 0.717) is 23.7 Å². The van der Waals surface area contributed by atoms with E-state index in [0.717, 1.165) is 0 Å². The number of rotatable bonds is 4. The number of benzene rings is 2. The molecule has 4 rings (SSSR count). The minimum Gasteiger partial charge on any atom is -0.486 e. The molecule has 0 N–H and O–H groups in total. The van der Waals surface area contributed by atoms with Crippen molar-refractivity contribution >= 4 is 11.7 Å². The predicted molar refractivity (Wildman–Crippen MR) is 85.8 cm³/mol. The number of esters is 1. The molecule has 26 heavy (non-hydrogen) atoms. The zero-order chi connectivity index (χ0) is 18.1. The van der Waals surface area contributed by atoms with Gasteiger partial charge in [-0.05, 0) is 17.7 Å². The predicted octanol–water partition coefficient (Wildman–Crippen LogP) is 2.45. The molecule has 0 unspecified atom stereocenters. The van der Waals surface area contributed by atoms with E-state index in [2.05, 4.69) is 0 Å². The van der Waals surface area contributed by atoms with Crippen molar-refractivity contribution in [3.8, 4) is 23.0 Å². The van der Waals surface area contributed by atoms with Gasteiger partial charge in [-0.3, -0.25) is 10.1 Å². The second kappa shape index (κ2) is 6.43. The van der Waals surface area contributed by atoms with Crippen molar-refractivity contribution in [1.82, 2.24) is 0 Å². The number of nitro benzene ring substituents is 1. The molecular formula is C17H13NO8. The van der Waals surface area contributed by atoms with Gasteiger partial charge in [0.25, 0.3) is 5.69 Å². The van der Waals surface area contributed by atoms with Crippen LogP contribution in [0.2, 0.25) is 0 Å². The van der Waals surface area contributed by atoms with Crippen LogP contribution in [0, 0.1) is 10.1 Å². The van der Waals surface area contributed by atoms with Crippen LogP contribution in [0.3, 0.4) is 0 Å². The number of carbonyl (C=O) groups is 1. The summed E-state index contributed by atoms with van der Waals surface area (Å²) in [4.78, 5) is 23.0. The van der Waals surface area contributed by atoms with E-state index in [1.165, 1.54) is 12.1 Å². The number of nitrogens with zero attached hydrogens (tertiary/aromatic N) is 1. The molecule has 2 aliphatic heterocycles. The summed E-state index contributed by atoms with van der Waals surface area (Å²) in [7, 11) is 0. The maximum absolute atomic E-state index is 12.4. The van der Waals surface area contributed by atoms with Crippen molar-refractivity contribution < 1.29 is 33.4 Å². The first-order valence-corrected chi connectivity index (χ1v) is 7.75. The monoisotopic (exact) mass is 359 g/mol. The lowest BCUT2D eigenvalue weighted by Gasteiger charge is -2.18. The van der Waals surface area contributed by atoms with Gasteiger partial charge < -0.3 is 23.7 Å². The minimum atomic E-state index is -0.827. The second-order valence-electron chi connectivity index (χ2n) is 5.53. The Morgan fingerprint density at radius 3 is 2.46 bits per heavy atom. The van der Waals surface area contributed by atoms with Crippen molar-refractivity contribution in [1.29, 1.82) is 0 Å². The molecule has 0 aromatic heterocycles. The van der Waals surface area contributed by atoms with Crippen LogP contribution in [-0.2, 0) is 11.3 Å². The number of fused-ring (bicyclic) bond motifs is 2. The summed E-state index contributed by atoms with van der Waals surface area (Å²) in [6.45, 7) is 0.664. The van der Waals surface area contributed by atoms with E-state index in [1.807, 2.05) is 0 Å². The largest absolute Gasteiger partial charge is 0.486 e. The fraction of sp³-hybridized carbons (Fsp3) is 0.235. The Morgan fingerprint density at radius 1 is 1.00 bits per heavy atom. The third-order valence-electron chi connectivity index (χ3n) is 3.88. The van der Waals surface area contributed by atoms with Crippen LogP contribution in [0.15, 0.2) is 30.3 Å². The molecule has 2 aromatic carbocycles. The van der Waals surface area contributed by atoms with E-state index in [4.69, 9.17) is 23.7 Å². The summed E-state index contributed by atoms with van der Waals surface area (Å²) in [5.74, 6) is 0.852. The number of hydrogen-bond acceptors (Lipinski definition) is 8. The molecule has 2 aliphatic rings. The van der Waals surface area contributed by atoms with Crippen molar-refractivity contribution in [3.63, 3.8) is 0 Å². The SMILES string of the molecule is O=C(OCc1ccc2c(c1)OCO2)c1cc2c(cc1[N+](=O)[O-])OCCO2. The topological polar surface area (TPSA) is 106 Å². The van der Waals surface area contributed by atoms with Gasteiger partial charge in [-0.15, -0.1) is 0 Å². The Balaban J connectivity index is 1.55. The van der Waals surface area contributed by atoms with Crippen LogP contribution < -0.4 is 18.9 Å². The van der Waals surface area contributed by atoms with Crippen molar-refractivity contribution in [2.24, 2.45) is 0 Å². The smallest absolute Gasteiger partial charge is 0.345 e. The van der Waals surface area contributed by atoms with E-state index in [1.54, 1.807) is 18.2 Å². The Morgan fingerprint density at radius 2 is 1.69 bits per heavy atom. The molecule has 0 bridgehead atoms. The lowest BCUT2D eigenvalue weighted by Crippen LogP contribution is -2.17. The molecule has 2 aromatic rings. The molecule has 0 fully saturated rings. The summed E-state index contributed by atoms with van der Waals surface area (Å²) in [6, 6.07) is 7.56. The first-order valence-electron chi connectivity index (χ1n) is 7.75. The first kappa shape index (κ1) is 16.0. The molecule has 2 heterocycles. The van der Waals surface area contributed by atoms with Gasteiger partial charge in [0.05, 0.1) is 11.0 Å². The fourth-order valence-corrected chi connectivity index (χ4v) is 2.65. The molecule has 0 saturated carbocycles. The first-order chi connectivity index (χ1) is 12.6. The third kappa shape index (κ3) is 2.94. The molecule has 0 aliphatic carbocycles. The van der Waals surface area contributed by atoms with Crippen molar-refractivity contribution in [2.45, 2.75) is 6.61 Å². The van der Waals surface area contributed by atoms with Crippen LogP contribution in [0.25, 0.3) is 0 Å². The summed E-state index contributed by atoms with van der Waals surface area (Å²) in [5, 5.41) is 11.3. The highest BCUT2D eigenvalue weighted by Gasteiger charge is 2.27. The van der Waals surface area contributed by atoms with Crippen LogP contribution in [0.1, 0.15) is 15.9 Å². The van der Waals surface area contributed by atoms with Crippen LogP contribution in [0.5, 0.6) is 23.0 Å². The van der Waals surface area contributed by atoms with Crippen molar-refractivity contribution in [2.75, 3.05) is 20.0 Å². The molecular weight excluding hydrogens is 346 g/mol. The van der Waals surface area contributed by atoms with E-state index in [-0.39, 0.29) is 37.1 Å². The molecule has 0 saturated heterocycles. The van der Waals surface area contributed by atoms with Crippen LogP contribution in [-0.4, -0.2) is 30.9 Å². The average Bonchev–Trinajstić information content (AvgIpc) is 3.12. The Kier molecular flexibility index (Phi) is 3.96. The minimum absolute atomic E-state index is 0.0684. The number of nitro groups is 1. The third-order valence-corrected chi connectivity index (χ3v) is 3.88. The van der Waals surface area contributed by atoms with Gasteiger partial charge >= 0.3 is 5.97 Å². The maximum Gasteiger partial charge on any atom is 0.345 e. The second-order valence-corrected chi connectivity index (χ2v) is 5.53. The van der Waals surface area contributed by atoms with Gasteiger partial charge in [0.15, 0.2) is 23.0 Å². The Bertz CT molecular complexity index is 895. The van der Waals surface area contributed by atoms with Gasteiger partial charge in [-0.2, -0.15) is 0 Å². The highest BCUT2D eigenvalue weighted by atomic mass is 16.7. The highest BCUT2D eigenvalue weighted by Crippen LogP contribution is 2.37. The summed E-state index contributed by atoms with van der Waals surface area (Å²) in [6.07, 6.45) is 0. The average molecular weight is 359 g/mol. The van der Waals surface area contributed by atoms with Gasteiger partial charge in [0.1, 0.15) is 25.4 Å². The zero-order valence-electron chi connectivity index (χ0n) is 13.4. The van der Waals surface area contributed by atoms with Gasteiger partial charge in [0, 0.05) is 6.07 Å². The number of ether oxygens (including phenoxy) is 5. The molecule has 0 radical (unpaired) electrons. The quantitative estimate of drug-likeness (QED) is 0.465. The normalized spacial score (nSPS) is 14.0. The highest BCUT2D eigenvalue weighted by molar-refractivity contribution is 5.95. The summed E-state index contributed by atoms with van der Waals surface area (Å²) < 4.78 is 26.4. The lowest BCUT2D eigenvalue weighted by atomic mass is 10.1. The zero-order valence-corrected chi connectivity index (χ0v) is 13.4. The van der Waals surface area contributed by atoms with Crippen molar-refractivity contribution in [3.05, 3.63) is 51.6 Å². The van der Waals surface area contributed by atoms with Crippen LogP contribution >= 0.6 is 0 Å². The number of carbonyl (C=O) groups excluding carboxylic acids is 1. The number of hydrogen-bond donors (Lipinski definition) is 0. The molecule has 134 valence electrons. The molecule has 0 amide bonds. The Hall–Kier alpha value is -3.49. The maximum atomic E-state index is 12.4. The van der Waals surface area contributed by atoms with Gasteiger partial charge in [0.2, 0.25) is 6.79 Å². The van der Waals surface area contributed by atoms with E-state index < -0.39 is 16.6 Å². The summed E-state index contributed by atoms with van der Waals surface area (Å²) >= 11 is 0. The Labute approximate surface area is 147 Å². The van der Waals surface area contributed by atoms with E-state index in [9.17, 15) is 14.9 Å². The molecule has 0 spiro atoms.